The summed E-state index contributed by atoms with van der Waals surface area (Å²) in [5.74, 6) is -0.0435. The minimum Gasteiger partial charge on any atom is -0.744 e. The summed E-state index contributed by atoms with van der Waals surface area (Å²) in [6.45, 7) is 0. The van der Waals surface area contributed by atoms with E-state index in [0.29, 0.717) is 5.39 Å². The zero-order chi connectivity index (χ0) is 20.0. The van der Waals surface area contributed by atoms with Crippen LogP contribution in [0.3, 0.4) is 0 Å². The molecule has 0 unspecified atom stereocenters. The Morgan fingerprint density at radius 2 is 1.14 bits per heavy atom. The molecule has 4 aromatic rings. The molecular formula is C22H17IO4S. The van der Waals surface area contributed by atoms with Gasteiger partial charge in [0.2, 0.25) is 0 Å². The predicted octanol–water partition coefficient (Wildman–Crippen LogP) is 1.26. The number of halogens is 1. The summed E-state index contributed by atoms with van der Waals surface area (Å²) in [6, 6.07) is 30.0. The topological polar surface area (TPSA) is 77.4 Å². The van der Waals surface area contributed by atoms with Crippen LogP contribution in [0.15, 0.2) is 102 Å². The molecule has 0 heterocycles. The first-order valence-electron chi connectivity index (χ1n) is 8.37. The number of phenols is 1. The average molecular weight is 504 g/mol. The maximum Gasteiger partial charge on any atom is 0.357 e. The van der Waals surface area contributed by atoms with Crippen molar-refractivity contribution in [1.29, 1.82) is 0 Å². The van der Waals surface area contributed by atoms with Crippen LogP contribution in [0.4, 0.5) is 0 Å². The number of fused-ring (bicyclic) bond motifs is 1. The Balaban J connectivity index is 0.000000162. The van der Waals surface area contributed by atoms with Crippen molar-refractivity contribution in [3.05, 3.63) is 104 Å². The normalized spacial score (nSPS) is 10.9. The quantitative estimate of drug-likeness (QED) is 0.337. The molecule has 0 spiro atoms. The smallest absolute Gasteiger partial charge is 0.357 e. The Kier molecular flexibility index (Phi) is 6.66. The van der Waals surface area contributed by atoms with Crippen LogP contribution in [0.25, 0.3) is 10.8 Å². The van der Waals surface area contributed by atoms with Crippen LogP contribution in [0.5, 0.6) is 5.75 Å². The molecule has 0 saturated carbocycles. The van der Waals surface area contributed by atoms with E-state index in [9.17, 15) is 18.1 Å². The molecule has 0 aliphatic carbocycles. The van der Waals surface area contributed by atoms with E-state index in [4.69, 9.17) is 0 Å². The first-order chi connectivity index (χ1) is 13.4. The van der Waals surface area contributed by atoms with E-state index in [0.717, 1.165) is 0 Å². The van der Waals surface area contributed by atoms with E-state index in [-0.39, 0.29) is 37.2 Å². The maximum atomic E-state index is 10.9. The van der Waals surface area contributed by atoms with Gasteiger partial charge in [-0.05, 0) is 36.4 Å². The summed E-state index contributed by atoms with van der Waals surface area (Å²) in [5, 5.41) is 10.1. The van der Waals surface area contributed by atoms with Crippen molar-refractivity contribution in [1.82, 2.24) is 0 Å². The standard InChI is InChI=1S/C12H10I.C10H8O4S/c1-3-7-11(8-4-1)13-12-9-5-2-6-10-12;11-9-5-1-4-8-7(9)3-2-6-10(8)15(12,13)14/h1-10H;1-6,11H,(H,12,13,14)/q+1;/p-1. The molecule has 142 valence electrons. The Bertz CT molecular complexity index is 1120. The SMILES string of the molecule is O=S(=O)([O-])c1cccc2c(O)cccc12.c1ccc([I+]c2ccccc2)cc1. The number of hydrogen-bond acceptors (Lipinski definition) is 4. The van der Waals surface area contributed by atoms with Crippen molar-refractivity contribution in [2.24, 2.45) is 0 Å². The fourth-order valence-corrected chi connectivity index (χ4v) is 5.53. The Morgan fingerprint density at radius 1 is 0.643 bits per heavy atom. The number of phenolic OH excluding ortho intramolecular Hbond substituents is 1. The van der Waals surface area contributed by atoms with Crippen LogP contribution in [0.1, 0.15) is 0 Å². The zero-order valence-electron chi connectivity index (χ0n) is 14.7. The fraction of sp³-hybridized carbons (Fsp3) is 0. The maximum absolute atomic E-state index is 10.9. The molecule has 0 saturated heterocycles. The second kappa shape index (κ2) is 9.18. The van der Waals surface area contributed by atoms with Crippen LogP contribution < -0.4 is 21.2 Å². The van der Waals surface area contributed by atoms with Crippen LogP contribution in [0, 0.1) is 7.14 Å². The molecule has 0 bridgehead atoms. The van der Waals surface area contributed by atoms with Gasteiger partial charge in [-0.1, -0.05) is 60.7 Å². The lowest BCUT2D eigenvalue weighted by atomic mass is 10.1. The van der Waals surface area contributed by atoms with Gasteiger partial charge in [0.25, 0.3) is 0 Å². The van der Waals surface area contributed by atoms with E-state index >= 15 is 0 Å². The summed E-state index contributed by atoms with van der Waals surface area (Å²) >= 11 is 0.0287. The fourth-order valence-electron chi connectivity index (χ4n) is 2.56. The molecule has 0 radical (unpaired) electrons. The zero-order valence-corrected chi connectivity index (χ0v) is 17.7. The first-order valence-corrected chi connectivity index (χ1v) is 11.9. The molecule has 1 N–H and O–H groups in total. The summed E-state index contributed by atoms with van der Waals surface area (Å²) < 4.78 is 35.7. The minimum absolute atomic E-state index is 0.0287. The molecule has 28 heavy (non-hydrogen) atoms. The van der Waals surface area contributed by atoms with Gasteiger partial charge in [-0.3, -0.25) is 0 Å². The van der Waals surface area contributed by atoms with Crippen molar-refractivity contribution >= 4 is 20.9 Å². The Labute approximate surface area is 174 Å². The molecule has 0 atom stereocenters. The largest absolute Gasteiger partial charge is 0.744 e. The van der Waals surface area contributed by atoms with Gasteiger partial charge in [0.1, 0.15) is 15.9 Å². The highest BCUT2D eigenvalue weighted by Crippen LogP contribution is 2.28. The second-order valence-corrected chi connectivity index (χ2v) is 10.1. The van der Waals surface area contributed by atoms with Crippen molar-refractivity contribution in [3.8, 4) is 5.75 Å². The molecule has 4 nitrogen and oxygen atoms in total. The average Bonchev–Trinajstić information content (AvgIpc) is 2.69. The van der Waals surface area contributed by atoms with Gasteiger partial charge >= 0.3 is 21.2 Å². The molecule has 0 amide bonds. The van der Waals surface area contributed by atoms with Crippen LogP contribution in [-0.2, 0) is 10.1 Å². The molecule has 0 fully saturated rings. The predicted molar refractivity (Wildman–Crippen MR) is 104 cm³/mol. The van der Waals surface area contributed by atoms with Gasteiger partial charge in [-0.15, -0.1) is 0 Å². The highest BCUT2D eigenvalue weighted by Gasteiger charge is 2.12. The molecule has 4 rings (SSSR count). The van der Waals surface area contributed by atoms with E-state index in [1.165, 1.54) is 37.5 Å². The van der Waals surface area contributed by atoms with Crippen molar-refractivity contribution in [2.75, 3.05) is 0 Å². The lowest BCUT2D eigenvalue weighted by Gasteiger charge is -2.10. The van der Waals surface area contributed by atoms with Gasteiger partial charge in [0.05, 0.1) is 4.90 Å². The highest BCUT2D eigenvalue weighted by molar-refractivity contribution is 7.86. The highest BCUT2D eigenvalue weighted by atomic mass is 127. The lowest BCUT2D eigenvalue weighted by Crippen LogP contribution is -3.61. The van der Waals surface area contributed by atoms with E-state index in [1.807, 2.05) is 0 Å². The van der Waals surface area contributed by atoms with Crippen LogP contribution in [0.2, 0.25) is 0 Å². The Morgan fingerprint density at radius 3 is 1.68 bits per heavy atom. The van der Waals surface area contributed by atoms with Crippen molar-refractivity contribution in [2.45, 2.75) is 4.90 Å². The molecule has 6 heteroatoms. The third-order valence-corrected chi connectivity index (χ3v) is 7.39. The summed E-state index contributed by atoms with van der Waals surface area (Å²) in [6.07, 6.45) is 0. The molecular weight excluding hydrogens is 487 g/mol. The number of aromatic hydroxyl groups is 1. The second-order valence-electron chi connectivity index (χ2n) is 5.77. The molecule has 0 aliphatic heterocycles. The third-order valence-electron chi connectivity index (χ3n) is 3.81. The number of benzene rings is 4. The molecule has 0 aromatic heterocycles. The first kappa shape index (κ1) is 20.3. The van der Waals surface area contributed by atoms with Crippen molar-refractivity contribution < 1.29 is 39.3 Å². The molecule has 4 aromatic carbocycles. The van der Waals surface area contributed by atoms with Crippen LogP contribution in [-0.4, -0.2) is 18.1 Å². The number of rotatable bonds is 3. The van der Waals surface area contributed by atoms with E-state index < -0.39 is 10.1 Å². The van der Waals surface area contributed by atoms with Gasteiger partial charge < -0.3 is 9.66 Å². The van der Waals surface area contributed by atoms with Gasteiger partial charge in [0, 0.05) is 10.8 Å². The lowest BCUT2D eigenvalue weighted by molar-refractivity contribution is -0.597. The van der Waals surface area contributed by atoms with Crippen molar-refractivity contribution in [3.63, 3.8) is 0 Å². The number of hydrogen-bond donors (Lipinski definition) is 1. The third kappa shape index (κ3) is 5.31. The van der Waals surface area contributed by atoms with E-state index in [1.54, 1.807) is 6.07 Å². The van der Waals surface area contributed by atoms with Gasteiger partial charge in [-0.2, -0.15) is 0 Å². The van der Waals surface area contributed by atoms with E-state index in [2.05, 4.69) is 60.7 Å². The molecule has 0 aliphatic rings. The monoisotopic (exact) mass is 504 g/mol. The summed E-state index contributed by atoms with van der Waals surface area (Å²) in [5.41, 5.74) is 0. The summed E-state index contributed by atoms with van der Waals surface area (Å²) in [4.78, 5) is -0.309. The van der Waals surface area contributed by atoms with Gasteiger partial charge in [-0.25, -0.2) is 8.42 Å². The minimum atomic E-state index is -4.51. The Hall–Kier alpha value is -2.42. The van der Waals surface area contributed by atoms with Gasteiger partial charge in [0.15, 0.2) is 7.14 Å². The summed E-state index contributed by atoms with van der Waals surface area (Å²) in [7, 11) is -4.51. The van der Waals surface area contributed by atoms with Crippen LogP contribution >= 0.6 is 0 Å².